The van der Waals surface area contributed by atoms with E-state index < -0.39 is 40.3 Å². The SMILES string of the molecule is CC(=O)NCCSC1=C(C(=O)O)N2C(=O)[C@@H](C(C)OS(=O)(=O)O)C2C1. The Labute approximate surface area is 148 Å². The maximum Gasteiger partial charge on any atom is 0.397 e. The summed E-state index contributed by atoms with van der Waals surface area (Å²) in [6, 6.07) is -0.529. The molecule has 2 aliphatic rings. The number of nitrogens with zero attached hydrogens (tertiary/aromatic N) is 1. The molecule has 2 rings (SSSR count). The van der Waals surface area contributed by atoms with Gasteiger partial charge in [0.05, 0.1) is 18.1 Å². The van der Waals surface area contributed by atoms with Crippen LogP contribution in [0.2, 0.25) is 0 Å². The highest BCUT2D eigenvalue weighted by molar-refractivity contribution is 8.03. The molecule has 1 saturated heterocycles. The van der Waals surface area contributed by atoms with Crippen LogP contribution < -0.4 is 5.32 Å². The molecule has 0 spiro atoms. The lowest BCUT2D eigenvalue weighted by Crippen LogP contribution is -2.62. The molecule has 3 atom stereocenters. The summed E-state index contributed by atoms with van der Waals surface area (Å²) in [6.45, 7) is 3.05. The van der Waals surface area contributed by atoms with Gasteiger partial charge in [-0.15, -0.1) is 11.8 Å². The Balaban J connectivity index is 2.08. The number of carbonyl (C=O) groups is 3. The average Bonchev–Trinajstić information content (AvgIpc) is 2.76. The molecule has 2 amide bonds. The fraction of sp³-hybridized carbons (Fsp3) is 0.615. The first kappa shape index (κ1) is 19.7. The molecule has 2 unspecified atom stereocenters. The summed E-state index contributed by atoms with van der Waals surface area (Å²) in [7, 11) is -4.71. The lowest BCUT2D eigenvalue weighted by atomic mass is 9.83. The molecule has 140 valence electrons. The first-order valence-corrected chi connectivity index (χ1v) is 9.70. The van der Waals surface area contributed by atoms with E-state index in [1.807, 2.05) is 0 Å². The van der Waals surface area contributed by atoms with Crippen molar-refractivity contribution in [3.05, 3.63) is 10.6 Å². The lowest BCUT2D eigenvalue weighted by molar-refractivity contribution is -0.160. The van der Waals surface area contributed by atoms with Gasteiger partial charge in [0, 0.05) is 30.5 Å². The summed E-state index contributed by atoms with van der Waals surface area (Å²) >= 11 is 1.22. The van der Waals surface area contributed by atoms with Crippen LogP contribution in [0.25, 0.3) is 0 Å². The molecular weight excluding hydrogens is 376 g/mol. The number of aliphatic carboxylic acids is 1. The monoisotopic (exact) mass is 394 g/mol. The van der Waals surface area contributed by atoms with E-state index in [1.54, 1.807) is 0 Å². The lowest BCUT2D eigenvalue weighted by Gasteiger charge is -2.45. The summed E-state index contributed by atoms with van der Waals surface area (Å²) in [5.41, 5.74) is -0.127. The molecule has 2 aliphatic heterocycles. The number of thioether (sulfide) groups is 1. The second-order valence-corrected chi connectivity index (χ2v) is 7.88. The first-order valence-electron chi connectivity index (χ1n) is 7.35. The van der Waals surface area contributed by atoms with Gasteiger partial charge >= 0.3 is 16.4 Å². The molecule has 10 nitrogen and oxygen atoms in total. The first-order chi connectivity index (χ1) is 11.5. The molecule has 0 aromatic carbocycles. The molecule has 0 bridgehead atoms. The standard InChI is InChI=1S/C13H18N2O8S2/c1-6(23-25(20,21)22)10-8-5-9(24-4-3-14-7(2)16)11(13(18)19)15(8)12(10)17/h6,8,10H,3-5H2,1-2H3,(H,14,16)(H,18,19)(H,20,21,22)/t6?,8?,10-/m0/s1. The van der Waals surface area contributed by atoms with Crippen LogP contribution in [0.4, 0.5) is 0 Å². The zero-order valence-corrected chi connectivity index (χ0v) is 15.1. The Morgan fingerprint density at radius 3 is 2.64 bits per heavy atom. The third kappa shape index (κ3) is 4.32. The van der Waals surface area contributed by atoms with Gasteiger partial charge in [-0.1, -0.05) is 0 Å². The predicted octanol–water partition coefficient (Wildman–Crippen LogP) is -0.409. The Morgan fingerprint density at radius 2 is 2.12 bits per heavy atom. The number of amides is 2. The van der Waals surface area contributed by atoms with Crippen LogP contribution in [0.5, 0.6) is 0 Å². The van der Waals surface area contributed by atoms with Crippen LogP contribution in [0.1, 0.15) is 20.3 Å². The second kappa shape index (κ2) is 7.32. The molecule has 0 aliphatic carbocycles. The van der Waals surface area contributed by atoms with Gasteiger partial charge < -0.3 is 15.3 Å². The van der Waals surface area contributed by atoms with Crippen molar-refractivity contribution < 1.29 is 36.6 Å². The Morgan fingerprint density at radius 1 is 1.48 bits per heavy atom. The number of hydrogen-bond acceptors (Lipinski definition) is 7. The van der Waals surface area contributed by atoms with E-state index in [1.165, 1.54) is 25.6 Å². The fourth-order valence-electron chi connectivity index (χ4n) is 3.00. The van der Waals surface area contributed by atoms with Crippen LogP contribution in [-0.2, 0) is 29.0 Å². The normalized spacial score (nSPS) is 24.0. The van der Waals surface area contributed by atoms with Gasteiger partial charge in [-0.3, -0.25) is 14.1 Å². The molecule has 25 heavy (non-hydrogen) atoms. The summed E-state index contributed by atoms with van der Waals surface area (Å²) < 4.78 is 34.8. The van der Waals surface area contributed by atoms with Crippen LogP contribution in [-0.4, -0.2) is 65.2 Å². The number of rotatable bonds is 8. The predicted molar refractivity (Wildman–Crippen MR) is 86.6 cm³/mol. The number of β-lactam (4-membered cyclic amide) rings is 1. The summed E-state index contributed by atoms with van der Waals surface area (Å²) in [4.78, 5) is 36.2. The van der Waals surface area contributed by atoms with E-state index in [4.69, 9.17) is 4.55 Å². The molecule has 0 aromatic heterocycles. The largest absolute Gasteiger partial charge is 0.477 e. The van der Waals surface area contributed by atoms with Gasteiger partial charge in [-0.05, 0) is 6.92 Å². The Bertz CT molecular complexity index is 732. The van der Waals surface area contributed by atoms with Crippen molar-refractivity contribution in [2.45, 2.75) is 32.4 Å². The van der Waals surface area contributed by atoms with Crippen molar-refractivity contribution in [2.75, 3.05) is 12.3 Å². The van der Waals surface area contributed by atoms with Crippen molar-refractivity contribution in [3.8, 4) is 0 Å². The van der Waals surface area contributed by atoms with E-state index in [0.717, 1.165) is 4.90 Å². The molecule has 1 fully saturated rings. The van der Waals surface area contributed by atoms with Crippen LogP contribution in [0, 0.1) is 5.92 Å². The summed E-state index contributed by atoms with van der Waals surface area (Å²) in [5, 5.41) is 12.0. The fourth-order valence-corrected chi connectivity index (χ4v) is 4.56. The third-order valence-corrected chi connectivity index (χ3v) is 5.57. The highest BCUT2D eigenvalue weighted by atomic mass is 32.3. The van der Waals surface area contributed by atoms with E-state index >= 15 is 0 Å². The summed E-state index contributed by atoms with van der Waals surface area (Å²) in [5.74, 6) is -2.43. The summed E-state index contributed by atoms with van der Waals surface area (Å²) in [6.07, 6.45) is -0.857. The minimum atomic E-state index is -4.71. The Kier molecular flexibility index (Phi) is 5.76. The quantitative estimate of drug-likeness (QED) is 0.283. The third-order valence-electron chi connectivity index (χ3n) is 3.90. The van der Waals surface area contributed by atoms with E-state index in [2.05, 4.69) is 9.50 Å². The smallest absolute Gasteiger partial charge is 0.397 e. The van der Waals surface area contributed by atoms with Crippen molar-refractivity contribution in [1.29, 1.82) is 0 Å². The Hall–Kier alpha value is -1.63. The molecule has 0 radical (unpaired) electrons. The average molecular weight is 394 g/mol. The van der Waals surface area contributed by atoms with Gasteiger partial charge in [0.1, 0.15) is 5.70 Å². The van der Waals surface area contributed by atoms with Gasteiger partial charge in [-0.25, -0.2) is 8.98 Å². The molecule has 0 saturated carbocycles. The molecule has 2 heterocycles. The van der Waals surface area contributed by atoms with Crippen LogP contribution in [0.15, 0.2) is 10.6 Å². The number of carbonyl (C=O) groups excluding carboxylic acids is 2. The van der Waals surface area contributed by atoms with E-state index in [-0.39, 0.29) is 18.0 Å². The number of hydrogen-bond donors (Lipinski definition) is 3. The van der Waals surface area contributed by atoms with Gasteiger partial charge in [0.15, 0.2) is 0 Å². The van der Waals surface area contributed by atoms with Gasteiger partial charge in [0.25, 0.3) is 0 Å². The zero-order valence-electron chi connectivity index (χ0n) is 13.5. The molecule has 12 heteroatoms. The highest BCUT2D eigenvalue weighted by Crippen LogP contribution is 2.47. The number of carboxylic acids is 1. The van der Waals surface area contributed by atoms with Crippen molar-refractivity contribution >= 4 is 39.9 Å². The number of fused-ring (bicyclic) bond motifs is 1. The van der Waals surface area contributed by atoms with E-state index in [9.17, 15) is 27.9 Å². The zero-order chi connectivity index (χ0) is 18.9. The van der Waals surface area contributed by atoms with Crippen molar-refractivity contribution in [3.63, 3.8) is 0 Å². The van der Waals surface area contributed by atoms with E-state index in [0.29, 0.717) is 17.2 Å². The number of carboxylic acid groups (broad SMARTS) is 1. The topological polar surface area (TPSA) is 150 Å². The van der Waals surface area contributed by atoms with Gasteiger partial charge in [-0.2, -0.15) is 8.42 Å². The minimum Gasteiger partial charge on any atom is -0.477 e. The molecule has 0 aromatic rings. The maximum absolute atomic E-state index is 12.3. The van der Waals surface area contributed by atoms with Crippen LogP contribution >= 0.6 is 11.8 Å². The number of nitrogens with one attached hydrogen (secondary N) is 1. The van der Waals surface area contributed by atoms with Crippen LogP contribution in [0.3, 0.4) is 0 Å². The highest BCUT2D eigenvalue weighted by Gasteiger charge is 2.57. The van der Waals surface area contributed by atoms with Gasteiger partial charge in [0.2, 0.25) is 11.8 Å². The molecular formula is C13H18N2O8S2. The minimum absolute atomic E-state index is 0.127. The van der Waals surface area contributed by atoms with Crippen molar-refractivity contribution in [1.82, 2.24) is 10.2 Å². The second-order valence-electron chi connectivity index (χ2n) is 5.64. The molecule has 3 N–H and O–H groups in total. The maximum atomic E-state index is 12.3. The van der Waals surface area contributed by atoms with Crippen molar-refractivity contribution in [2.24, 2.45) is 5.92 Å².